The Balaban J connectivity index is 1.95. The zero-order chi connectivity index (χ0) is 17.5. The second kappa shape index (κ2) is 8.00. The highest BCUT2D eigenvalue weighted by Crippen LogP contribution is 2.30. The van der Waals surface area contributed by atoms with Crippen molar-refractivity contribution < 1.29 is 28.6 Å². The lowest BCUT2D eigenvalue weighted by atomic mass is 10.2. The third-order valence-corrected chi connectivity index (χ3v) is 3.09. The fourth-order valence-electron chi connectivity index (χ4n) is 1.94. The summed E-state index contributed by atoms with van der Waals surface area (Å²) in [6.45, 7) is 2.49. The number of benzene rings is 1. The first-order valence-electron chi connectivity index (χ1n) is 7.34. The van der Waals surface area contributed by atoms with Gasteiger partial charge in [0.2, 0.25) is 0 Å². The Hall–Kier alpha value is -3.03. The first-order valence-corrected chi connectivity index (χ1v) is 7.34. The third kappa shape index (κ3) is 5.01. The van der Waals surface area contributed by atoms with Crippen molar-refractivity contribution in [3.63, 3.8) is 0 Å². The maximum atomic E-state index is 11.7. The van der Waals surface area contributed by atoms with E-state index in [9.17, 15) is 14.4 Å². The normalized spacial score (nSPS) is 14.5. The van der Waals surface area contributed by atoms with Crippen molar-refractivity contribution in [1.29, 1.82) is 0 Å². The number of hydrogen-bond donors (Lipinski definition) is 2. The van der Waals surface area contributed by atoms with Gasteiger partial charge in [-0.15, -0.1) is 0 Å². The minimum absolute atomic E-state index is 0.564. The van der Waals surface area contributed by atoms with Gasteiger partial charge in [-0.05, 0) is 30.7 Å². The SMILES string of the molecule is C[C@H](OC(=O)/C=C/c1ccc2c(c1)OCCCO2)C(=O)NC(N)=O. The summed E-state index contributed by atoms with van der Waals surface area (Å²) < 4.78 is 15.9. The minimum Gasteiger partial charge on any atom is -0.490 e. The van der Waals surface area contributed by atoms with Crippen molar-refractivity contribution in [1.82, 2.24) is 5.32 Å². The monoisotopic (exact) mass is 334 g/mol. The molecular formula is C16H18N2O6. The molecule has 1 atom stereocenters. The topological polar surface area (TPSA) is 117 Å². The molecule has 8 nitrogen and oxygen atoms in total. The molecule has 1 aromatic rings. The number of fused-ring (bicyclic) bond motifs is 1. The van der Waals surface area contributed by atoms with Gasteiger partial charge >= 0.3 is 12.0 Å². The number of ether oxygens (including phenoxy) is 3. The van der Waals surface area contributed by atoms with Crippen molar-refractivity contribution in [3.05, 3.63) is 29.8 Å². The van der Waals surface area contributed by atoms with Gasteiger partial charge in [0.15, 0.2) is 17.6 Å². The van der Waals surface area contributed by atoms with E-state index >= 15 is 0 Å². The van der Waals surface area contributed by atoms with Crippen LogP contribution < -0.4 is 20.5 Å². The average Bonchev–Trinajstić information content (AvgIpc) is 2.77. The number of nitrogens with two attached hydrogens (primary N) is 1. The molecule has 24 heavy (non-hydrogen) atoms. The maximum absolute atomic E-state index is 11.7. The molecule has 3 N–H and O–H groups in total. The fraction of sp³-hybridized carbons (Fsp3) is 0.312. The van der Waals surface area contributed by atoms with Crippen molar-refractivity contribution in [3.8, 4) is 11.5 Å². The molecule has 0 fully saturated rings. The predicted octanol–water partition coefficient (Wildman–Crippen LogP) is 0.988. The van der Waals surface area contributed by atoms with Crippen LogP contribution in [0.25, 0.3) is 6.08 Å². The summed E-state index contributed by atoms with van der Waals surface area (Å²) in [6.07, 6.45) is 2.36. The van der Waals surface area contributed by atoms with Gasteiger partial charge in [-0.25, -0.2) is 9.59 Å². The van der Waals surface area contributed by atoms with Gasteiger partial charge in [0.25, 0.3) is 5.91 Å². The highest BCUT2D eigenvalue weighted by Gasteiger charge is 2.17. The Morgan fingerprint density at radius 3 is 2.67 bits per heavy atom. The molecule has 1 heterocycles. The van der Waals surface area contributed by atoms with E-state index in [1.54, 1.807) is 18.2 Å². The van der Waals surface area contributed by atoms with Crippen LogP contribution >= 0.6 is 0 Å². The molecule has 0 radical (unpaired) electrons. The number of imide groups is 1. The Morgan fingerprint density at radius 2 is 1.96 bits per heavy atom. The molecule has 0 saturated heterocycles. The van der Waals surface area contributed by atoms with E-state index < -0.39 is 24.0 Å². The zero-order valence-corrected chi connectivity index (χ0v) is 13.1. The summed E-state index contributed by atoms with van der Waals surface area (Å²) in [6, 6.07) is 4.26. The quantitative estimate of drug-likeness (QED) is 0.626. The average molecular weight is 334 g/mol. The van der Waals surface area contributed by atoms with Gasteiger partial charge < -0.3 is 19.9 Å². The van der Waals surface area contributed by atoms with Crippen LogP contribution in [-0.2, 0) is 14.3 Å². The van der Waals surface area contributed by atoms with Crippen molar-refractivity contribution in [2.45, 2.75) is 19.4 Å². The van der Waals surface area contributed by atoms with Crippen LogP contribution in [0.1, 0.15) is 18.9 Å². The zero-order valence-electron chi connectivity index (χ0n) is 13.1. The Morgan fingerprint density at radius 1 is 1.25 bits per heavy atom. The Kier molecular flexibility index (Phi) is 5.78. The van der Waals surface area contributed by atoms with Crippen molar-refractivity contribution >= 4 is 24.0 Å². The summed E-state index contributed by atoms with van der Waals surface area (Å²) in [5.74, 6) is -0.254. The van der Waals surface area contributed by atoms with Crippen LogP contribution in [0.2, 0.25) is 0 Å². The van der Waals surface area contributed by atoms with Gasteiger partial charge in [0, 0.05) is 12.5 Å². The van der Waals surface area contributed by atoms with Crippen molar-refractivity contribution in [2.24, 2.45) is 5.73 Å². The number of urea groups is 1. The van der Waals surface area contributed by atoms with Gasteiger partial charge in [-0.2, -0.15) is 0 Å². The summed E-state index contributed by atoms with van der Waals surface area (Å²) in [7, 11) is 0. The lowest BCUT2D eigenvalue weighted by Crippen LogP contribution is -2.42. The van der Waals surface area contributed by atoms with Gasteiger partial charge in [-0.1, -0.05) is 6.07 Å². The molecular weight excluding hydrogens is 316 g/mol. The number of carbonyl (C=O) groups excluding carboxylic acids is 3. The molecule has 8 heteroatoms. The number of carbonyl (C=O) groups is 3. The minimum atomic E-state index is -1.14. The van der Waals surface area contributed by atoms with Gasteiger partial charge in [-0.3, -0.25) is 10.1 Å². The summed E-state index contributed by atoms with van der Waals surface area (Å²) in [5.41, 5.74) is 5.53. The number of hydrogen-bond acceptors (Lipinski definition) is 6. The first-order chi connectivity index (χ1) is 11.5. The molecule has 3 amide bonds. The molecule has 0 saturated carbocycles. The lowest BCUT2D eigenvalue weighted by Gasteiger charge is -2.10. The smallest absolute Gasteiger partial charge is 0.331 e. The number of nitrogens with one attached hydrogen (secondary N) is 1. The van der Waals surface area contributed by atoms with E-state index in [1.807, 2.05) is 5.32 Å². The second-order valence-corrected chi connectivity index (χ2v) is 5.02. The Labute approximate surface area is 138 Å². The molecule has 128 valence electrons. The van der Waals surface area contributed by atoms with Crippen LogP contribution in [0.15, 0.2) is 24.3 Å². The van der Waals surface area contributed by atoms with Crippen molar-refractivity contribution in [2.75, 3.05) is 13.2 Å². The van der Waals surface area contributed by atoms with Crippen LogP contribution in [0.3, 0.4) is 0 Å². The van der Waals surface area contributed by atoms with Crippen LogP contribution in [0.5, 0.6) is 11.5 Å². The number of esters is 1. The third-order valence-electron chi connectivity index (χ3n) is 3.09. The van der Waals surface area contributed by atoms with Gasteiger partial charge in [0.1, 0.15) is 0 Å². The molecule has 0 unspecified atom stereocenters. The van der Waals surface area contributed by atoms with Gasteiger partial charge in [0.05, 0.1) is 13.2 Å². The maximum Gasteiger partial charge on any atom is 0.331 e. The van der Waals surface area contributed by atoms with E-state index in [0.717, 1.165) is 6.42 Å². The molecule has 0 aliphatic carbocycles. The number of primary amides is 1. The van der Waals surface area contributed by atoms with E-state index in [-0.39, 0.29) is 0 Å². The molecule has 1 aliphatic rings. The molecule has 2 rings (SSSR count). The molecule has 0 aromatic heterocycles. The fourth-order valence-corrected chi connectivity index (χ4v) is 1.94. The highest BCUT2D eigenvalue weighted by molar-refractivity contribution is 5.97. The molecule has 0 spiro atoms. The standard InChI is InChI=1S/C16H18N2O6/c1-10(15(20)18-16(17)21)24-14(19)6-4-11-3-5-12-13(9-11)23-8-2-7-22-12/h3-6,9-10H,2,7-8H2,1H3,(H3,17,18,20,21)/b6-4+/t10-/m0/s1. The van der Waals surface area contributed by atoms with E-state index in [1.165, 1.54) is 19.1 Å². The van der Waals surface area contributed by atoms with Crippen LogP contribution in [0.4, 0.5) is 4.79 Å². The predicted molar refractivity (Wildman–Crippen MR) is 84.4 cm³/mol. The summed E-state index contributed by atoms with van der Waals surface area (Å²) in [4.78, 5) is 33.7. The molecule has 1 aliphatic heterocycles. The second-order valence-electron chi connectivity index (χ2n) is 5.02. The number of rotatable bonds is 4. The van der Waals surface area contributed by atoms with Crippen LogP contribution in [-0.4, -0.2) is 37.2 Å². The summed E-state index contributed by atoms with van der Waals surface area (Å²) >= 11 is 0. The summed E-state index contributed by atoms with van der Waals surface area (Å²) in [5, 5.41) is 1.83. The van der Waals surface area contributed by atoms with Crippen LogP contribution in [0, 0.1) is 0 Å². The van der Waals surface area contributed by atoms with E-state index in [4.69, 9.17) is 19.9 Å². The first kappa shape index (κ1) is 17.3. The largest absolute Gasteiger partial charge is 0.490 e. The highest BCUT2D eigenvalue weighted by atomic mass is 16.5. The molecule has 0 bridgehead atoms. The van der Waals surface area contributed by atoms with E-state index in [2.05, 4.69) is 0 Å². The van der Waals surface area contributed by atoms with E-state index in [0.29, 0.717) is 30.3 Å². The molecule has 1 aromatic carbocycles. The Bertz CT molecular complexity index is 671. The lowest BCUT2D eigenvalue weighted by molar-refractivity contribution is -0.149. The number of amides is 3.